The van der Waals surface area contributed by atoms with Crippen molar-refractivity contribution in [3.05, 3.63) is 162 Å². The maximum absolute atomic E-state index is 12.8. The Hall–Kier alpha value is -6.50. The fourth-order valence-corrected chi connectivity index (χ4v) is 7.30. The highest BCUT2D eigenvalue weighted by molar-refractivity contribution is 7.12. The van der Waals surface area contributed by atoms with E-state index in [0.717, 1.165) is 11.1 Å². The molecule has 0 saturated carbocycles. The van der Waals surface area contributed by atoms with Gasteiger partial charge < -0.3 is 20.6 Å². The number of benzene rings is 4. The molecule has 8 rings (SSSR count). The van der Waals surface area contributed by atoms with Gasteiger partial charge in [0, 0.05) is 11.1 Å². The highest BCUT2D eigenvalue weighted by atomic mass is 32.1. The number of hydrogen-bond donors (Lipinski definition) is 4. The zero-order chi connectivity index (χ0) is 39.3. The van der Waals surface area contributed by atoms with E-state index < -0.39 is 0 Å². The molecule has 280 valence electrons. The Bertz CT molecular complexity index is 2610. The maximum atomic E-state index is 12.8. The molecule has 0 fully saturated rings. The molecule has 4 aromatic heterocycles. The van der Waals surface area contributed by atoms with E-state index in [4.69, 9.17) is 0 Å². The number of nitrogens with one attached hydrogen (secondary N) is 4. The fraction of sp³-hybridized carbons (Fsp3) is 0.136. The van der Waals surface area contributed by atoms with Gasteiger partial charge in [-0.15, -0.1) is 22.7 Å². The van der Waals surface area contributed by atoms with Gasteiger partial charge in [0.1, 0.15) is 11.4 Å². The first-order valence-electron chi connectivity index (χ1n) is 18.0. The van der Waals surface area contributed by atoms with E-state index >= 15 is 0 Å². The Kier molecular flexibility index (Phi) is 11.1. The Balaban J connectivity index is 0.000000172. The van der Waals surface area contributed by atoms with Crippen LogP contribution in [0.1, 0.15) is 70.0 Å². The van der Waals surface area contributed by atoms with Gasteiger partial charge in [-0.3, -0.25) is 19.2 Å². The van der Waals surface area contributed by atoms with Gasteiger partial charge in [-0.25, -0.2) is 9.97 Å². The molecule has 4 N–H and O–H groups in total. The molecule has 8 aromatic rings. The van der Waals surface area contributed by atoms with E-state index in [1.54, 1.807) is 12.1 Å². The lowest BCUT2D eigenvalue weighted by atomic mass is 9.98. The standard InChI is InChI=1S/2C22H19N3O2S/c2*1-13(2)14-9-10-16(24-21(26)19-8-5-11-28-19)15(12-14)20-22(27)25-18-7-4-3-6-17(18)23-20/h2*3-13H,1-2H3,(H,24,26)(H,25,27). The molecule has 4 aromatic carbocycles. The number of para-hydroxylation sites is 4. The second-order valence-corrected chi connectivity index (χ2v) is 15.5. The van der Waals surface area contributed by atoms with E-state index in [1.165, 1.54) is 22.7 Å². The fourth-order valence-electron chi connectivity index (χ4n) is 6.06. The topological polar surface area (TPSA) is 150 Å². The number of thiophene rings is 2. The van der Waals surface area contributed by atoms with Crippen LogP contribution in [0.3, 0.4) is 0 Å². The number of anilines is 2. The first-order chi connectivity index (χ1) is 27.0. The molecule has 10 nitrogen and oxygen atoms in total. The number of H-pyrrole nitrogens is 2. The molecule has 0 spiro atoms. The summed E-state index contributed by atoms with van der Waals surface area (Å²) in [6.45, 7) is 8.34. The predicted octanol–water partition coefficient (Wildman–Crippen LogP) is 10.1. The molecule has 0 bridgehead atoms. The maximum Gasteiger partial charge on any atom is 0.275 e. The van der Waals surface area contributed by atoms with Gasteiger partial charge in [-0.05, 0) is 94.4 Å². The summed E-state index contributed by atoms with van der Waals surface area (Å²) in [5, 5.41) is 9.57. The summed E-state index contributed by atoms with van der Waals surface area (Å²) in [6.07, 6.45) is 0. The lowest BCUT2D eigenvalue weighted by Gasteiger charge is -2.14. The average molecular weight is 779 g/mol. The molecule has 0 saturated heterocycles. The minimum atomic E-state index is -0.286. The summed E-state index contributed by atoms with van der Waals surface area (Å²) in [5.74, 6) is 0.150. The molecule has 0 unspecified atom stereocenters. The monoisotopic (exact) mass is 778 g/mol. The molecule has 4 heterocycles. The van der Waals surface area contributed by atoms with Crippen molar-refractivity contribution in [1.29, 1.82) is 0 Å². The highest BCUT2D eigenvalue weighted by Gasteiger charge is 2.19. The Morgan fingerprint density at radius 3 is 1.34 bits per heavy atom. The number of rotatable bonds is 8. The van der Waals surface area contributed by atoms with Crippen LogP contribution in [-0.2, 0) is 0 Å². The molecular weight excluding hydrogens is 741 g/mol. The predicted molar refractivity (Wildman–Crippen MR) is 228 cm³/mol. The van der Waals surface area contributed by atoms with E-state index in [2.05, 4.69) is 58.3 Å². The third kappa shape index (κ3) is 8.26. The number of nitrogens with zero attached hydrogens (tertiary/aromatic N) is 2. The summed E-state index contributed by atoms with van der Waals surface area (Å²) in [4.78, 5) is 66.8. The van der Waals surface area contributed by atoms with Gasteiger partial charge in [0.05, 0.1) is 43.2 Å². The quantitative estimate of drug-likeness (QED) is 0.121. The van der Waals surface area contributed by atoms with Crippen LogP contribution in [0.15, 0.2) is 130 Å². The first-order valence-corrected chi connectivity index (χ1v) is 19.8. The third-order valence-corrected chi connectivity index (χ3v) is 10.9. The smallest absolute Gasteiger partial charge is 0.275 e. The number of carbonyl (C=O) groups excluding carboxylic acids is 2. The second kappa shape index (κ2) is 16.5. The van der Waals surface area contributed by atoms with Crippen molar-refractivity contribution >= 4 is 67.9 Å². The largest absolute Gasteiger partial charge is 0.321 e. The van der Waals surface area contributed by atoms with Crippen LogP contribution in [0.25, 0.3) is 44.6 Å². The van der Waals surface area contributed by atoms with Gasteiger partial charge in [0.2, 0.25) is 0 Å². The normalized spacial score (nSPS) is 11.1. The van der Waals surface area contributed by atoms with Gasteiger partial charge in [0.25, 0.3) is 22.9 Å². The minimum Gasteiger partial charge on any atom is -0.321 e. The van der Waals surface area contributed by atoms with Gasteiger partial charge in [-0.2, -0.15) is 0 Å². The van der Waals surface area contributed by atoms with Crippen molar-refractivity contribution in [2.75, 3.05) is 10.6 Å². The van der Waals surface area contributed by atoms with Crippen LogP contribution in [0.5, 0.6) is 0 Å². The number of aromatic amines is 2. The third-order valence-electron chi connectivity index (χ3n) is 9.12. The van der Waals surface area contributed by atoms with Crippen LogP contribution in [0.2, 0.25) is 0 Å². The van der Waals surface area contributed by atoms with Crippen molar-refractivity contribution < 1.29 is 9.59 Å². The summed E-state index contributed by atoms with van der Waals surface area (Å²) in [6, 6.07) is 33.5. The zero-order valence-corrected chi connectivity index (χ0v) is 32.7. The lowest BCUT2D eigenvalue weighted by Crippen LogP contribution is -2.15. The Morgan fingerprint density at radius 1 is 0.554 bits per heavy atom. The molecular formula is C44H38N6O4S2. The van der Waals surface area contributed by atoms with Crippen molar-refractivity contribution in [3.63, 3.8) is 0 Å². The van der Waals surface area contributed by atoms with Crippen molar-refractivity contribution in [1.82, 2.24) is 19.9 Å². The number of carbonyl (C=O) groups is 2. The van der Waals surface area contributed by atoms with Gasteiger partial charge in [-0.1, -0.05) is 76.2 Å². The van der Waals surface area contributed by atoms with Crippen LogP contribution in [-0.4, -0.2) is 31.8 Å². The zero-order valence-electron chi connectivity index (χ0n) is 31.0. The molecule has 0 atom stereocenters. The van der Waals surface area contributed by atoms with Gasteiger partial charge in [0.15, 0.2) is 0 Å². The van der Waals surface area contributed by atoms with Crippen molar-refractivity contribution in [3.8, 4) is 22.5 Å². The van der Waals surface area contributed by atoms with Crippen molar-refractivity contribution in [2.45, 2.75) is 39.5 Å². The minimum absolute atomic E-state index is 0.203. The summed E-state index contributed by atoms with van der Waals surface area (Å²) < 4.78 is 0. The van der Waals surface area contributed by atoms with Gasteiger partial charge >= 0.3 is 0 Å². The number of fused-ring (bicyclic) bond motifs is 2. The van der Waals surface area contributed by atoms with E-state index in [1.807, 2.05) is 108 Å². The van der Waals surface area contributed by atoms with E-state index in [-0.39, 0.29) is 34.8 Å². The lowest BCUT2D eigenvalue weighted by molar-refractivity contribution is 0.102. The Labute approximate surface area is 330 Å². The van der Waals surface area contributed by atoms with Crippen LogP contribution >= 0.6 is 22.7 Å². The number of amides is 2. The van der Waals surface area contributed by atoms with Crippen molar-refractivity contribution in [2.24, 2.45) is 0 Å². The number of hydrogen-bond acceptors (Lipinski definition) is 8. The highest BCUT2D eigenvalue weighted by Crippen LogP contribution is 2.32. The average Bonchev–Trinajstić information content (AvgIpc) is 3.94. The first kappa shape index (κ1) is 37.8. The van der Waals surface area contributed by atoms with E-state index in [0.29, 0.717) is 65.7 Å². The van der Waals surface area contributed by atoms with Crippen LogP contribution in [0, 0.1) is 0 Å². The van der Waals surface area contributed by atoms with Crippen LogP contribution in [0.4, 0.5) is 11.4 Å². The molecule has 0 aliphatic carbocycles. The Morgan fingerprint density at radius 2 is 0.964 bits per heavy atom. The van der Waals surface area contributed by atoms with Crippen LogP contribution < -0.4 is 21.8 Å². The molecule has 2 amide bonds. The molecule has 56 heavy (non-hydrogen) atoms. The molecule has 0 aliphatic rings. The molecule has 12 heteroatoms. The summed E-state index contributed by atoms with van der Waals surface area (Å²) >= 11 is 2.74. The van der Waals surface area contributed by atoms with E-state index in [9.17, 15) is 19.2 Å². The summed E-state index contributed by atoms with van der Waals surface area (Å²) in [7, 11) is 0. The number of aromatic nitrogens is 4. The summed E-state index contributed by atoms with van der Waals surface area (Å²) in [5.41, 5.74) is 7.27. The molecule has 0 radical (unpaired) electrons. The second-order valence-electron chi connectivity index (χ2n) is 13.6. The molecule has 0 aliphatic heterocycles. The SMILES string of the molecule is CC(C)c1ccc(NC(=O)c2cccs2)c(-c2nc3ccccc3[nH]c2=O)c1.CC(C)c1ccc(NC(=O)c2cccs2)c(-c2nc3ccccc3[nH]c2=O)c1.